The highest BCUT2D eigenvalue weighted by atomic mass is 16.6. The number of nitro groups is 1. The van der Waals surface area contributed by atoms with Crippen molar-refractivity contribution in [2.24, 2.45) is 5.10 Å². The second-order valence-electron chi connectivity index (χ2n) is 5.89. The highest BCUT2D eigenvalue weighted by Gasteiger charge is 2.19. The van der Waals surface area contributed by atoms with Gasteiger partial charge in [0.2, 0.25) is 5.75 Å². The largest absolute Gasteiger partial charge is 0.500 e. The van der Waals surface area contributed by atoms with Gasteiger partial charge in [0.1, 0.15) is 0 Å². The van der Waals surface area contributed by atoms with E-state index in [1.165, 1.54) is 39.5 Å². The first kappa shape index (κ1) is 22.9. The number of hydrogen-bond acceptors (Lipinski definition) is 9. The molecule has 0 unspecified atom stereocenters. The van der Waals surface area contributed by atoms with Crippen LogP contribution in [-0.4, -0.2) is 55.9 Å². The molecule has 0 aliphatic heterocycles. The predicted molar refractivity (Wildman–Crippen MR) is 109 cm³/mol. The number of nitrogens with one attached hydrogen (secondary N) is 2. The van der Waals surface area contributed by atoms with E-state index in [-0.39, 0.29) is 23.4 Å². The molecule has 0 aliphatic carbocycles. The fraction of sp³-hybridized carbons (Fsp3) is 0.211. The Balaban J connectivity index is 1.96. The molecule has 0 aromatic heterocycles. The molecule has 0 saturated carbocycles. The molecule has 31 heavy (non-hydrogen) atoms. The Kier molecular flexibility index (Phi) is 7.72. The molecular weight excluding hydrogens is 412 g/mol. The summed E-state index contributed by atoms with van der Waals surface area (Å²) in [7, 11) is 4.14. The fourth-order valence-corrected chi connectivity index (χ4v) is 2.44. The Morgan fingerprint density at radius 2 is 1.77 bits per heavy atom. The van der Waals surface area contributed by atoms with Crippen molar-refractivity contribution in [1.82, 2.24) is 10.7 Å². The number of nitro benzene ring substituents is 1. The van der Waals surface area contributed by atoms with Gasteiger partial charge >= 0.3 is 5.69 Å². The van der Waals surface area contributed by atoms with Gasteiger partial charge in [-0.3, -0.25) is 19.7 Å². The van der Waals surface area contributed by atoms with Crippen molar-refractivity contribution in [1.29, 1.82) is 0 Å². The van der Waals surface area contributed by atoms with E-state index >= 15 is 0 Å². The van der Waals surface area contributed by atoms with Crippen LogP contribution in [0.15, 0.2) is 35.4 Å². The minimum atomic E-state index is -0.780. The standard InChI is InChI=1S/C19H20N4O8/c1-29-14-5-4-12(8-15(14)30-2)19(26)20-10-17(24)22-21-9-11-6-13(23(27)28)18(25)16(7-11)31-3/h4-9,25H,10H2,1-3H3,(H,20,26)(H,22,24)/b21-9-. The summed E-state index contributed by atoms with van der Waals surface area (Å²) >= 11 is 0. The van der Waals surface area contributed by atoms with Gasteiger partial charge in [-0.1, -0.05) is 0 Å². The third-order valence-corrected chi connectivity index (χ3v) is 3.95. The van der Waals surface area contributed by atoms with E-state index < -0.39 is 28.2 Å². The average molecular weight is 432 g/mol. The topological polar surface area (TPSA) is 162 Å². The maximum Gasteiger partial charge on any atom is 0.315 e. The maximum atomic E-state index is 12.2. The van der Waals surface area contributed by atoms with Crippen molar-refractivity contribution in [2.75, 3.05) is 27.9 Å². The number of phenols is 1. The Bertz CT molecular complexity index is 1020. The van der Waals surface area contributed by atoms with Gasteiger partial charge in [0.05, 0.1) is 39.0 Å². The summed E-state index contributed by atoms with van der Waals surface area (Å²) < 4.78 is 15.1. The van der Waals surface area contributed by atoms with Gasteiger partial charge in [0.25, 0.3) is 11.8 Å². The van der Waals surface area contributed by atoms with E-state index in [0.717, 1.165) is 12.3 Å². The lowest BCUT2D eigenvalue weighted by Gasteiger charge is -2.09. The number of methoxy groups -OCH3 is 3. The first-order valence-corrected chi connectivity index (χ1v) is 8.68. The molecule has 0 aliphatic rings. The van der Waals surface area contributed by atoms with Crippen LogP contribution in [0.4, 0.5) is 5.69 Å². The number of amides is 2. The van der Waals surface area contributed by atoms with E-state index in [1.807, 2.05) is 0 Å². The number of hydrogen-bond donors (Lipinski definition) is 3. The van der Waals surface area contributed by atoms with Gasteiger partial charge in [-0.05, 0) is 24.3 Å². The molecule has 0 radical (unpaired) electrons. The van der Waals surface area contributed by atoms with Crippen LogP contribution in [0.25, 0.3) is 0 Å². The second kappa shape index (κ2) is 10.4. The zero-order valence-electron chi connectivity index (χ0n) is 16.9. The summed E-state index contributed by atoms with van der Waals surface area (Å²) in [5.41, 5.74) is 2.07. The Morgan fingerprint density at radius 1 is 1.10 bits per heavy atom. The zero-order valence-corrected chi connectivity index (χ0v) is 16.9. The normalized spacial score (nSPS) is 10.4. The van der Waals surface area contributed by atoms with Crippen LogP contribution in [0.2, 0.25) is 0 Å². The molecule has 0 saturated heterocycles. The number of rotatable bonds is 9. The summed E-state index contributed by atoms with van der Waals surface area (Å²) in [6.07, 6.45) is 1.13. The quantitative estimate of drug-likeness (QED) is 0.302. The minimum Gasteiger partial charge on any atom is -0.500 e. The van der Waals surface area contributed by atoms with Crippen LogP contribution < -0.4 is 25.0 Å². The molecule has 0 spiro atoms. The summed E-state index contributed by atoms with van der Waals surface area (Å²) in [5, 5.41) is 26.8. The highest BCUT2D eigenvalue weighted by molar-refractivity contribution is 5.97. The molecule has 12 nitrogen and oxygen atoms in total. The average Bonchev–Trinajstić information content (AvgIpc) is 2.77. The number of ether oxygens (including phenoxy) is 3. The summed E-state index contributed by atoms with van der Waals surface area (Å²) in [6.45, 7) is -0.371. The molecule has 0 bridgehead atoms. The van der Waals surface area contributed by atoms with Crippen LogP contribution in [0.5, 0.6) is 23.0 Å². The van der Waals surface area contributed by atoms with Crippen molar-refractivity contribution in [2.45, 2.75) is 0 Å². The number of phenolic OH excluding ortho intramolecular Hbond substituents is 1. The van der Waals surface area contributed by atoms with Gasteiger partial charge in [0, 0.05) is 17.2 Å². The highest BCUT2D eigenvalue weighted by Crippen LogP contribution is 2.36. The van der Waals surface area contributed by atoms with Gasteiger partial charge in [0.15, 0.2) is 17.2 Å². The number of benzene rings is 2. The molecule has 0 fully saturated rings. The Morgan fingerprint density at radius 3 is 2.39 bits per heavy atom. The molecule has 2 aromatic carbocycles. The number of carbonyl (C=O) groups is 2. The first-order valence-electron chi connectivity index (χ1n) is 8.68. The number of carbonyl (C=O) groups excluding carboxylic acids is 2. The maximum absolute atomic E-state index is 12.2. The first-order chi connectivity index (χ1) is 14.8. The molecule has 2 aromatic rings. The van der Waals surface area contributed by atoms with Gasteiger partial charge in [-0.25, -0.2) is 5.43 Å². The molecule has 164 valence electrons. The lowest BCUT2D eigenvalue weighted by molar-refractivity contribution is -0.386. The van der Waals surface area contributed by atoms with E-state index in [2.05, 4.69) is 15.8 Å². The number of nitrogens with zero attached hydrogens (tertiary/aromatic N) is 2. The second-order valence-corrected chi connectivity index (χ2v) is 5.89. The van der Waals surface area contributed by atoms with Crippen molar-refractivity contribution in [3.8, 4) is 23.0 Å². The van der Waals surface area contributed by atoms with Crippen molar-refractivity contribution in [3.63, 3.8) is 0 Å². The SMILES string of the molecule is COc1ccc(C(=O)NCC(=O)N/N=C\c2cc(OC)c(O)c([N+](=O)[O-])c2)cc1OC. The molecule has 0 heterocycles. The van der Waals surface area contributed by atoms with Crippen molar-refractivity contribution < 1.29 is 33.8 Å². The van der Waals surface area contributed by atoms with Crippen LogP contribution in [-0.2, 0) is 4.79 Å². The smallest absolute Gasteiger partial charge is 0.315 e. The molecule has 12 heteroatoms. The van der Waals surface area contributed by atoms with Crippen LogP contribution in [0.1, 0.15) is 15.9 Å². The third kappa shape index (κ3) is 5.82. The summed E-state index contributed by atoms with van der Waals surface area (Å²) in [4.78, 5) is 34.3. The lowest BCUT2D eigenvalue weighted by atomic mass is 10.2. The van der Waals surface area contributed by atoms with Gasteiger partial charge in [-0.15, -0.1) is 0 Å². The molecule has 0 atom stereocenters. The van der Waals surface area contributed by atoms with E-state index in [4.69, 9.17) is 14.2 Å². The van der Waals surface area contributed by atoms with Crippen molar-refractivity contribution in [3.05, 3.63) is 51.6 Å². The van der Waals surface area contributed by atoms with Crippen LogP contribution in [0, 0.1) is 10.1 Å². The van der Waals surface area contributed by atoms with Crippen LogP contribution >= 0.6 is 0 Å². The molecule has 2 rings (SSSR count). The zero-order chi connectivity index (χ0) is 23.0. The van der Waals surface area contributed by atoms with Gasteiger partial charge < -0.3 is 24.6 Å². The molecule has 3 N–H and O–H groups in total. The predicted octanol–water partition coefficient (Wildman–Crippen LogP) is 1.21. The third-order valence-electron chi connectivity index (χ3n) is 3.95. The van der Waals surface area contributed by atoms with E-state index in [9.17, 15) is 24.8 Å². The Labute approximate surface area is 176 Å². The summed E-state index contributed by atoms with van der Waals surface area (Å²) in [6, 6.07) is 6.90. The monoisotopic (exact) mass is 432 g/mol. The van der Waals surface area contributed by atoms with Gasteiger partial charge in [-0.2, -0.15) is 5.10 Å². The van der Waals surface area contributed by atoms with Crippen molar-refractivity contribution >= 4 is 23.7 Å². The fourth-order valence-electron chi connectivity index (χ4n) is 2.44. The number of aromatic hydroxyl groups is 1. The lowest BCUT2D eigenvalue weighted by Crippen LogP contribution is -2.34. The summed E-state index contributed by atoms with van der Waals surface area (Å²) in [5.74, 6) is -1.07. The van der Waals surface area contributed by atoms with Crippen LogP contribution in [0.3, 0.4) is 0 Å². The number of hydrazone groups is 1. The van der Waals surface area contributed by atoms with E-state index in [0.29, 0.717) is 11.5 Å². The van der Waals surface area contributed by atoms with E-state index in [1.54, 1.807) is 6.07 Å². The Hall–Kier alpha value is -4.35. The molecule has 2 amide bonds. The molecular formula is C19H20N4O8. The minimum absolute atomic E-state index is 0.121.